The van der Waals surface area contributed by atoms with E-state index in [1.54, 1.807) is 0 Å². The van der Waals surface area contributed by atoms with Crippen LogP contribution in [0.15, 0.2) is 19.4 Å². The molecule has 11 heavy (non-hydrogen) atoms. The fourth-order valence-electron chi connectivity index (χ4n) is 0.536. The fraction of sp³-hybridized carbons (Fsp3) is 0. The van der Waals surface area contributed by atoms with Gasteiger partial charge < -0.3 is 11.6 Å². The van der Waals surface area contributed by atoms with Gasteiger partial charge in [-0.05, 0) is 37.9 Å². The lowest BCUT2D eigenvalue weighted by Crippen LogP contribution is -2.13. The molecule has 1 heterocycles. The van der Waals surface area contributed by atoms with Gasteiger partial charge >= 0.3 is 0 Å². The Morgan fingerprint density at radius 1 is 1.55 bits per heavy atom. The number of amidine groups is 1. The van der Waals surface area contributed by atoms with Crippen molar-refractivity contribution in [3.8, 4) is 0 Å². The molecule has 1 rings (SSSR count). The van der Waals surface area contributed by atoms with Gasteiger partial charge in [0.1, 0.15) is 0 Å². The lowest BCUT2D eigenvalue weighted by Gasteiger charge is -1.89. The molecule has 0 spiro atoms. The summed E-state index contributed by atoms with van der Waals surface area (Å²) in [6, 6.07) is 1.86. The van der Waals surface area contributed by atoms with Crippen molar-refractivity contribution >= 4 is 49.0 Å². The molecule has 0 amide bonds. The standard InChI is InChI=1S/C5H5Br2N3S/c6-2-1-3(5(8)10-9)11-4(2)7/h1H,9H2,(H2,8,10). The maximum absolute atomic E-state index is 5.47. The highest BCUT2D eigenvalue weighted by molar-refractivity contribution is 9.13. The second-order valence-corrected chi connectivity index (χ2v) is 4.97. The first kappa shape index (κ1) is 9.02. The maximum Gasteiger partial charge on any atom is 0.160 e. The van der Waals surface area contributed by atoms with Gasteiger partial charge in [0.15, 0.2) is 5.84 Å². The van der Waals surface area contributed by atoms with Gasteiger partial charge in [-0.15, -0.1) is 11.3 Å². The summed E-state index contributed by atoms with van der Waals surface area (Å²) in [6.07, 6.45) is 0. The van der Waals surface area contributed by atoms with E-state index < -0.39 is 0 Å². The molecule has 0 radical (unpaired) electrons. The van der Waals surface area contributed by atoms with Crippen molar-refractivity contribution in [2.45, 2.75) is 0 Å². The molecule has 6 heteroatoms. The van der Waals surface area contributed by atoms with E-state index in [2.05, 4.69) is 37.0 Å². The molecule has 4 N–H and O–H groups in total. The van der Waals surface area contributed by atoms with Crippen molar-refractivity contribution in [1.29, 1.82) is 0 Å². The van der Waals surface area contributed by atoms with E-state index in [0.29, 0.717) is 5.84 Å². The van der Waals surface area contributed by atoms with Crippen LogP contribution < -0.4 is 11.6 Å². The summed E-state index contributed by atoms with van der Waals surface area (Å²) in [4.78, 5) is 0.853. The van der Waals surface area contributed by atoms with E-state index in [1.165, 1.54) is 11.3 Å². The van der Waals surface area contributed by atoms with Crippen molar-refractivity contribution in [2.24, 2.45) is 16.7 Å². The SMILES string of the molecule is NN=C(N)c1cc(Br)c(Br)s1. The van der Waals surface area contributed by atoms with Crippen molar-refractivity contribution in [1.82, 2.24) is 0 Å². The van der Waals surface area contributed by atoms with E-state index in [4.69, 9.17) is 11.6 Å². The van der Waals surface area contributed by atoms with Gasteiger partial charge in [0.2, 0.25) is 0 Å². The predicted molar refractivity (Wildman–Crippen MR) is 54.6 cm³/mol. The molecule has 0 saturated carbocycles. The van der Waals surface area contributed by atoms with E-state index in [9.17, 15) is 0 Å². The molecule has 0 aliphatic rings. The summed E-state index contributed by atoms with van der Waals surface area (Å²) in [5, 5.41) is 3.38. The Bertz CT molecular complexity index is 274. The van der Waals surface area contributed by atoms with Gasteiger partial charge in [-0.3, -0.25) is 0 Å². The summed E-state index contributed by atoms with van der Waals surface area (Å²) in [7, 11) is 0. The second kappa shape index (κ2) is 3.55. The Labute approximate surface area is 84.7 Å². The summed E-state index contributed by atoms with van der Waals surface area (Å²) in [5.41, 5.74) is 5.47. The van der Waals surface area contributed by atoms with Crippen LogP contribution in [0.3, 0.4) is 0 Å². The van der Waals surface area contributed by atoms with Crippen LogP contribution in [-0.4, -0.2) is 5.84 Å². The van der Waals surface area contributed by atoms with Crippen LogP contribution in [0.2, 0.25) is 0 Å². The van der Waals surface area contributed by atoms with Crippen molar-refractivity contribution in [3.05, 3.63) is 19.2 Å². The zero-order valence-corrected chi connectivity index (χ0v) is 9.33. The zero-order valence-electron chi connectivity index (χ0n) is 5.34. The normalized spacial score (nSPS) is 12.0. The summed E-state index contributed by atoms with van der Waals surface area (Å²) < 4.78 is 1.95. The number of rotatable bonds is 1. The smallest absolute Gasteiger partial charge is 0.160 e. The number of hydrazone groups is 1. The Morgan fingerprint density at radius 2 is 2.18 bits per heavy atom. The van der Waals surface area contributed by atoms with Gasteiger partial charge in [0.25, 0.3) is 0 Å². The lowest BCUT2D eigenvalue weighted by molar-refractivity contribution is 1.23. The van der Waals surface area contributed by atoms with E-state index >= 15 is 0 Å². The highest BCUT2D eigenvalue weighted by Crippen LogP contribution is 2.31. The van der Waals surface area contributed by atoms with Crippen LogP contribution in [0, 0.1) is 0 Å². The maximum atomic E-state index is 5.47. The fourth-order valence-corrected chi connectivity index (χ4v) is 2.48. The molecule has 3 nitrogen and oxygen atoms in total. The monoisotopic (exact) mass is 297 g/mol. The molecule has 0 saturated heterocycles. The number of hydrogen-bond donors (Lipinski definition) is 2. The Morgan fingerprint density at radius 3 is 2.55 bits per heavy atom. The molecule has 60 valence electrons. The minimum Gasteiger partial charge on any atom is -0.381 e. The third-order valence-corrected chi connectivity index (χ3v) is 4.32. The minimum absolute atomic E-state index is 0.349. The van der Waals surface area contributed by atoms with E-state index in [-0.39, 0.29) is 0 Å². The quantitative estimate of drug-likeness (QED) is 0.360. The summed E-state index contributed by atoms with van der Waals surface area (Å²) in [6.45, 7) is 0. The molecule has 1 aromatic heterocycles. The molecular weight excluding hydrogens is 294 g/mol. The van der Waals surface area contributed by atoms with Crippen LogP contribution >= 0.6 is 43.2 Å². The largest absolute Gasteiger partial charge is 0.381 e. The highest BCUT2D eigenvalue weighted by atomic mass is 79.9. The minimum atomic E-state index is 0.349. The Kier molecular flexibility index (Phi) is 2.91. The molecule has 0 bridgehead atoms. The lowest BCUT2D eigenvalue weighted by atomic mass is 10.4. The topological polar surface area (TPSA) is 64.4 Å². The molecule has 0 unspecified atom stereocenters. The molecule has 0 atom stereocenters. The van der Waals surface area contributed by atoms with Gasteiger partial charge in [0.05, 0.1) is 8.66 Å². The predicted octanol–water partition coefficient (Wildman–Crippen LogP) is 1.85. The van der Waals surface area contributed by atoms with Crippen LogP contribution in [-0.2, 0) is 0 Å². The van der Waals surface area contributed by atoms with Crippen LogP contribution in [0.5, 0.6) is 0 Å². The first-order valence-electron chi connectivity index (χ1n) is 2.63. The summed E-state index contributed by atoms with van der Waals surface area (Å²) in [5.74, 6) is 5.35. The average molecular weight is 299 g/mol. The zero-order chi connectivity index (χ0) is 8.43. The number of nitrogens with zero attached hydrogens (tertiary/aromatic N) is 1. The van der Waals surface area contributed by atoms with Gasteiger partial charge in [0, 0.05) is 4.47 Å². The van der Waals surface area contributed by atoms with Crippen LogP contribution in [0.4, 0.5) is 0 Å². The third-order valence-electron chi connectivity index (χ3n) is 1.04. The van der Waals surface area contributed by atoms with Crippen molar-refractivity contribution < 1.29 is 0 Å². The number of hydrogen-bond acceptors (Lipinski definition) is 3. The number of nitrogens with two attached hydrogens (primary N) is 2. The number of thiophene rings is 1. The number of halogens is 2. The van der Waals surface area contributed by atoms with Gasteiger partial charge in [-0.25, -0.2) is 0 Å². The van der Waals surface area contributed by atoms with Crippen molar-refractivity contribution in [3.63, 3.8) is 0 Å². The van der Waals surface area contributed by atoms with Gasteiger partial charge in [-0.2, -0.15) is 5.10 Å². The van der Waals surface area contributed by atoms with Crippen LogP contribution in [0.1, 0.15) is 4.88 Å². The average Bonchev–Trinajstić information content (AvgIpc) is 2.31. The molecule has 0 aliphatic carbocycles. The molecular formula is C5H5Br2N3S. The molecule has 0 fully saturated rings. The first-order chi connectivity index (χ1) is 5.15. The second-order valence-electron chi connectivity index (χ2n) is 1.75. The molecule has 0 aliphatic heterocycles. The molecule has 1 aromatic rings. The first-order valence-corrected chi connectivity index (χ1v) is 5.04. The molecule has 0 aromatic carbocycles. The third kappa shape index (κ3) is 1.94. The Balaban J connectivity index is 3.07. The van der Waals surface area contributed by atoms with Gasteiger partial charge in [-0.1, -0.05) is 0 Å². The van der Waals surface area contributed by atoms with E-state index in [0.717, 1.165) is 13.1 Å². The Hall–Kier alpha value is -0.0700. The highest BCUT2D eigenvalue weighted by Gasteiger charge is 2.06. The summed E-state index contributed by atoms with van der Waals surface area (Å²) >= 11 is 8.14. The van der Waals surface area contributed by atoms with Crippen LogP contribution in [0.25, 0.3) is 0 Å². The van der Waals surface area contributed by atoms with E-state index in [1.807, 2.05) is 6.07 Å². The van der Waals surface area contributed by atoms with Crippen molar-refractivity contribution in [2.75, 3.05) is 0 Å².